The minimum atomic E-state index is -3.30. The van der Waals surface area contributed by atoms with Gasteiger partial charge in [0.05, 0.1) is 10.6 Å². The number of benzene rings is 1. The van der Waals surface area contributed by atoms with Gasteiger partial charge in [-0.2, -0.15) is 5.10 Å². The molecule has 7 nitrogen and oxygen atoms in total. The van der Waals surface area contributed by atoms with E-state index in [-0.39, 0.29) is 10.6 Å². The first-order valence-electron chi connectivity index (χ1n) is 5.83. The number of carboxylic acid groups (broad SMARTS) is 1. The average molecular weight is 327 g/mol. The fourth-order valence-corrected chi connectivity index (χ4v) is 2.91. The SMILES string of the molecule is Cn1nc(-c2cccc(S(C)(=O)=O)c2)nc1SCC(=O)O. The van der Waals surface area contributed by atoms with E-state index in [2.05, 4.69) is 10.1 Å². The highest BCUT2D eigenvalue weighted by atomic mass is 32.2. The van der Waals surface area contributed by atoms with Crippen molar-refractivity contribution in [1.29, 1.82) is 0 Å². The number of thioether (sulfide) groups is 1. The van der Waals surface area contributed by atoms with Crippen molar-refractivity contribution < 1.29 is 18.3 Å². The molecule has 0 saturated carbocycles. The molecule has 0 unspecified atom stereocenters. The normalized spacial score (nSPS) is 11.5. The molecule has 0 saturated heterocycles. The van der Waals surface area contributed by atoms with Crippen LogP contribution >= 0.6 is 11.8 Å². The van der Waals surface area contributed by atoms with Crippen LogP contribution in [0.2, 0.25) is 0 Å². The molecule has 0 aliphatic heterocycles. The number of carbonyl (C=O) groups is 1. The largest absolute Gasteiger partial charge is 0.481 e. The van der Waals surface area contributed by atoms with Gasteiger partial charge in [-0.1, -0.05) is 23.9 Å². The quantitative estimate of drug-likeness (QED) is 0.819. The van der Waals surface area contributed by atoms with Crippen LogP contribution in [-0.4, -0.2) is 46.3 Å². The second kappa shape index (κ2) is 5.86. The third-order valence-corrected chi connectivity index (χ3v) is 4.68. The van der Waals surface area contributed by atoms with Crippen LogP contribution in [0.3, 0.4) is 0 Å². The number of rotatable bonds is 5. The third kappa shape index (κ3) is 3.82. The lowest BCUT2D eigenvalue weighted by Crippen LogP contribution is -2.00. The predicted molar refractivity (Wildman–Crippen MR) is 77.9 cm³/mol. The monoisotopic (exact) mass is 327 g/mol. The second-order valence-electron chi connectivity index (χ2n) is 4.32. The molecule has 0 atom stereocenters. The van der Waals surface area contributed by atoms with E-state index in [1.807, 2.05) is 0 Å². The second-order valence-corrected chi connectivity index (χ2v) is 7.28. The summed E-state index contributed by atoms with van der Waals surface area (Å²) in [6.45, 7) is 0. The number of aryl methyl sites for hydroxylation is 1. The Hall–Kier alpha value is -1.87. The molecule has 1 N–H and O–H groups in total. The number of sulfone groups is 1. The molecule has 112 valence electrons. The van der Waals surface area contributed by atoms with Crippen molar-refractivity contribution in [2.45, 2.75) is 10.1 Å². The van der Waals surface area contributed by atoms with E-state index >= 15 is 0 Å². The molecule has 0 fully saturated rings. The zero-order chi connectivity index (χ0) is 15.6. The Bertz CT molecular complexity index is 784. The van der Waals surface area contributed by atoms with Crippen molar-refractivity contribution in [3.8, 4) is 11.4 Å². The van der Waals surface area contributed by atoms with E-state index in [0.717, 1.165) is 18.0 Å². The fraction of sp³-hybridized carbons (Fsp3) is 0.250. The molecule has 0 radical (unpaired) electrons. The van der Waals surface area contributed by atoms with Crippen LogP contribution in [0.5, 0.6) is 0 Å². The molecular weight excluding hydrogens is 314 g/mol. The van der Waals surface area contributed by atoms with Crippen molar-refractivity contribution >= 4 is 27.6 Å². The minimum Gasteiger partial charge on any atom is -0.481 e. The molecule has 0 amide bonds. The molecule has 0 aliphatic carbocycles. The van der Waals surface area contributed by atoms with Gasteiger partial charge in [0.25, 0.3) is 0 Å². The smallest absolute Gasteiger partial charge is 0.313 e. The van der Waals surface area contributed by atoms with Gasteiger partial charge in [-0.05, 0) is 12.1 Å². The predicted octanol–water partition coefficient (Wildman–Crippen LogP) is 1.06. The van der Waals surface area contributed by atoms with Gasteiger partial charge in [0.15, 0.2) is 20.8 Å². The van der Waals surface area contributed by atoms with Gasteiger partial charge in [0, 0.05) is 18.9 Å². The van der Waals surface area contributed by atoms with Gasteiger partial charge in [-0.3, -0.25) is 4.79 Å². The zero-order valence-electron chi connectivity index (χ0n) is 11.3. The fourth-order valence-electron chi connectivity index (χ4n) is 1.61. The molecule has 1 heterocycles. The summed E-state index contributed by atoms with van der Waals surface area (Å²) in [5, 5.41) is 13.3. The molecule has 1 aromatic heterocycles. The van der Waals surface area contributed by atoms with Gasteiger partial charge in [-0.15, -0.1) is 0 Å². The highest BCUT2D eigenvalue weighted by Gasteiger charge is 2.14. The summed E-state index contributed by atoms with van der Waals surface area (Å²) >= 11 is 1.05. The maximum Gasteiger partial charge on any atom is 0.313 e. The number of carboxylic acids is 1. The Morgan fingerprint density at radius 1 is 1.43 bits per heavy atom. The van der Waals surface area contributed by atoms with Crippen molar-refractivity contribution in [2.24, 2.45) is 7.05 Å². The van der Waals surface area contributed by atoms with Gasteiger partial charge in [0.2, 0.25) is 0 Å². The molecule has 21 heavy (non-hydrogen) atoms. The van der Waals surface area contributed by atoms with Crippen LogP contribution < -0.4 is 0 Å². The molecule has 0 spiro atoms. The minimum absolute atomic E-state index is 0.116. The van der Waals surface area contributed by atoms with Crippen LogP contribution in [0, 0.1) is 0 Å². The van der Waals surface area contributed by atoms with Crippen molar-refractivity contribution in [3.63, 3.8) is 0 Å². The number of hydrogen-bond donors (Lipinski definition) is 1. The Balaban J connectivity index is 2.35. The van der Waals surface area contributed by atoms with Gasteiger partial charge >= 0.3 is 5.97 Å². The van der Waals surface area contributed by atoms with Gasteiger partial charge in [-0.25, -0.2) is 18.1 Å². The summed E-state index contributed by atoms with van der Waals surface area (Å²) in [5.41, 5.74) is 0.565. The van der Waals surface area contributed by atoms with Gasteiger partial charge < -0.3 is 5.11 Å². The average Bonchev–Trinajstić information content (AvgIpc) is 2.77. The Kier molecular flexibility index (Phi) is 4.33. The van der Waals surface area contributed by atoms with Crippen LogP contribution in [0.4, 0.5) is 0 Å². The van der Waals surface area contributed by atoms with E-state index in [1.165, 1.54) is 16.8 Å². The standard InChI is InChI=1S/C12H13N3O4S2/c1-15-12(20-7-10(16)17)13-11(14-15)8-4-3-5-9(6-8)21(2,18)19/h3-6H,7H2,1-2H3,(H,16,17). The van der Waals surface area contributed by atoms with E-state index in [4.69, 9.17) is 5.11 Å². The van der Waals surface area contributed by atoms with Crippen molar-refractivity contribution in [1.82, 2.24) is 14.8 Å². The maximum atomic E-state index is 11.6. The molecule has 2 rings (SSSR count). The molecule has 2 aromatic rings. The summed E-state index contributed by atoms with van der Waals surface area (Å²) in [6.07, 6.45) is 1.13. The van der Waals surface area contributed by atoms with Crippen molar-refractivity contribution in [3.05, 3.63) is 24.3 Å². The van der Waals surface area contributed by atoms with E-state index in [0.29, 0.717) is 16.5 Å². The molecule has 0 bridgehead atoms. The lowest BCUT2D eigenvalue weighted by Gasteiger charge is -2.00. The molecule has 9 heteroatoms. The topological polar surface area (TPSA) is 102 Å². The summed E-state index contributed by atoms with van der Waals surface area (Å²) in [6, 6.07) is 6.32. The Morgan fingerprint density at radius 2 is 2.14 bits per heavy atom. The lowest BCUT2D eigenvalue weighted by atomic mass is 10.2. The first-order chi connectivity index (χ1) is 9.77. The molecule has 0 aliphatic rings. The summed E-state index contributed by atoms with van der Waals surface area (Å²) in [5.74, 6) is -0.700. The molecule has 1 aromatic carbocycles. The van der Waals surface area contributed by atoms with Crippen LogP contribution in [-0.2, 0) is 21.7 Å². The lowest BCUT2D eigenvalue weighted by molar-refractivity contribution is -0.133. The number of nitrogens with zero attached hydrogens (tertiary/aromatic N) is 3. The van der Waals surface area contributed by atoms with Crippen molar-refractivity contribution in [2.75, 3.05) is 12.0 Å². The first-order valence-corrected chi connectivity index (χ1v) is 8.71. The van der Waals surface area contributed by atoms with E-state index < -0.39 is 15.8 Å². The maximum absolute atomic E-state index is 11.6. The van der Waals surface area contributed by atoms with Crippen LogP contribution in [0.1, 0.15) is 0 Å². The van der Waals surface area contributed by atoms with Gasteiger partial charge in [0.1, 0.15) is 0 Å². The Morgan fingerprint density at radius 3 is 2.76 bits per heavy atom. The van der Waals surface area contributed by atoms with E-state index in [1.54, 1.807) is 19.2 Å². The zero-order valence-corrected chi connectivity index (χ0v) is 13.0. The Labute approximate surface area is 125 Å². The third-order valence-electron chi connectivity index (χ3n) is 2.57. The highest BCUT2D eigenvalue weighted by Crippen LogP contribution is 2.23. The first kappa shape index (κ1) is 15.5. The molecular formula is C12H13N3O4S2. The van der Waals surface area contributed by atoms with Crippen LogP contribution in [0.25, 0.3) is 11.4 Å². The number of hydrogen-bond acceptors (Lipinski definition) is 6. The van der Waals surface area contributed by atoms with Crippen LogP contribution in [0.15, 0.2) is 34.3 Å². The summed E-state index contributed by atoms with van der Waals surface area (Å²) in [7, 11) is -1.65. The highest BCUT2D eigenvalue weighted by molar-refractivity contribution is 7.99. The summed E-state index contributed by atoms with van der Waals surface area (Å²) in [4.78, 5) is 15.0. The summed E-state index contributed by atoms with van der Waals surface area (Å²) < 4.78 is 24.6. The van der Waals surface area contributed by atoms with E-state index in [9.17, 15) is 13.2 Å². The number of aromatic nitrogens is 3. The number of aliphatic carboxylic acids is 1.